The van der Waals surface area contributed by atoms with Crippen LogP contribution in [-0.2, 0) is 17.6 Å². The number of benzene rings is 2. The van der Waals surface area contributed by atoms with Gasteiger partial charge in [0.15, 0.2) is 0 Å². The largest absolute Gasteiger partial charge is 0.338 e. The first-order chi connectivity index (χ1) is 16.0. The number of anilines is 1. The van der Waals surface area contributed by atoms with Crippen molar-refractivity contribution in [1.29, 1.82) is 0 Å². The van der Waals surface area contributed by atoms with Gasteiger partial charge in [0.25, 0.3) is 0 Å². The van der Waals surface area contributed by atoms with E-state index in [0.29, 0.717) is 0 Å². The molecule has 0 N–H and O–H groups in total. The number of aliphatic imine (C=N–C) groups is 1. The summed E-state index contributed by atoms with van der Waals surface area (Å²) in [4.78, 5) is 19.4. The first-order valence-corrected chi connectivity index (χ1v) is 11.9. The van der Waals surface area contributed by atoms with Crippen LogP contribution >= 0.6 is 0 Å². The van der Waals surface area contributed by atoms with Gasteiger partial charge in [0.1, 0.15) is 12.9 Å². The second-order valence-electron chi connectivity index (χ2n) is 8.68. The Hall–Kier alpha value is -3.21. The van der Waals surface area contributed by atoms with E-state index in [-0.39, 0.29) is 18.5 Å². The Bertz CT molecular complexity index is 983. The molecule has 1 aliphatic heterocycles. The number of hydrogen-bond acceptors (Lipinski definition) is 3. The highest BCUT2D eigenvalue weighted by Crippen LogP contribution is 2.24. The molecule has 0 aliphatic carbocycles. The molecule has 0 saturated carbocycles. The van der Waals surface area contributed by atoms with Crippen molar-refractivity contribution in [3.8, 4) is 0 Å². The van der Waals surface area contributed by atoms with Gasteiger partial charge < -0.3 is 4.90 Å². The van der Waals surface area contributed by atoms with Crippen molar-refractivity contribution in [3.63, 3.8) is 0 Å². The highest BCUT2D eigenvalue weighted by molar-refractivity contribution is 5.83. The molecule has 5 heteroatoms. The van der Waals surface area contributed by atoms with Crippen LogP contribution in [0.1, 0.15) is 56.2 Å². The topological polar surface area (TPSA) is 48.3 Å². The number of carbonyl (C=O) groups excluding carboxylic acids is 1. The molecule has 1 heterocycles. The van der Waals surface area contributed by atoms with E-state index in [2.05, 4.69) is 55.4 Å². The van der Waals surface area contributed by atoms with E-state index in [0.717, 1.165) is 49.9 Å². The second-order valence-corrected chi connectivity index (χ2v) is 8.68. The number of hydrazone groups is 1. The molecule has 1 atom stereocenters. The Labute approximate surface area is 198 Å². The van der Waals surface area contributed by atoms with E-state index in [9.17, 15) is 4.79 Å². The van der Waals surface area contributed by atoms with Gasteiger partial charge in [-0.3, -0.25) is 9.79 Å². The van der Waals surface area contributed by atoms with Gasteiger partial charge in [-0.2, -0.15) is 5.10 Å². The molecular weight excluding hydrogens is 408 g/mol. The Balaban J connectivity index is 1.60. The molecule has 3 rings (SSSR count). The van der Waals surface area contributed by atoms with Crippen LogP contribution in [0, 0.1) is 0 Å². The molecule has 2 aromatic rings. The maximum atomic E-state index is 13.0. The molecular formula is C28H36N4O. The van der Waals surface area contributed by atoms with E-state index in [1.807, 2.05) is 35.2 Å². The number of para-hydroxylation sites is 1. The number of nitrogens with zero attached hydrogens (tertiary/aromatic N) is 4. The first-order valence-electron chi connectivity index (χ1n) is 11.9. The Morgan fingerprint density at radius 2 is 2.00 bits per heavy atom. The number of likely N-dealkylation sites (tertiary alicyclic amines) is 1. The number of allylic oxidation sites excluding steroid dienone is 1. The van der Waals surface area contributed by atoms with Gasteiger partial charge in [-0.1, -0.05) is 55.5 Å². The molecule has 0 aromatic heterocycles. The average molecular weight is 445 g/mol. The summed E-state index contributed by atoms with van der Waals surface area (Å²) in [6.45, 7) is 12.9. The SMILES string of the molecule is C=NN(/C=N\CC(=O)N1CCCCC1CCc1ccc(C(=C)C)c(CC)c1)c1ccccc1. The Kier molecular flexibility index (Phi) is 8.99. The fourth-order valence-corrected chi connectivity index (χ4v) is 4.53. The van der Waals surface area contributed by atoms with Crippen LogP contribution in [0.25, 0.3) is 5.57 Å². The normalized spacial score (nSPS) is 16.1. The average Bonchev–Trinajstić information content (AvgIpc) is 2.85. The van der Waals surface area contributed by atoms with E-state index in [1.165, 1.54) is 23.1 Å². The molecule has 1 saturated heterocycles. The molecule has 2 aromatic carbocycles. The lowest BCUT2D eigenvalue weighted by molar-refractivity contribution is -0.133. The highest BCUT2D eigenvalue weighted by Gasteiger charge is 2.26. The van der Waals surface area contributed by atoms with Crippen LogP contribution < -0.4 is 5.01 Å². The minimum Gasteiger partial charge on any atom is -0.338 e. The molecule has 1 aliphatic rings. The quantitative estimate of drug-likeness (QED) is 0.266. The summed E-state index contributed by atoms with van der Waals surface area (Å²) in [6, 6.07) is 16.6. The van der Waals surface area contributed by atoms with Gasteiger partial charge in [0, 0.05) is 19.3 Å². The number of aryl methyl sites for hydroxylation is 2. The van der Waals surface area contributed by atoms with Crippen LogP contribution in [0.4, 0.5) is 5.69 Å². The van der Waals surface area contributed by atoms with Gasteiger partial charge >= 0.3 is 0 Å². The number of carbonyl (C=O) groups is 1. The summed E-state index contributed by atoms with van der Waals surface area (Å²) in [6.07, 6.45) is 7.83. The molecule has 33 heavy (non-hydrogen) atoms. The van der Waals surface area contributed by atoms with Crippen molar-refractivity contribution in [3.05, 3.63) is 71.8 Å². The third kappa shape index (κ3) is 6.64. The Morgan fingerprint density at radius 3 is 2.70 bits per heavy atom. The van der Waals surface area contributed by atoms with Gasteiger partial charge in [0.2, 0.25) is 5.91 Å². The zero-order valence-electron chi connectivity index (χ0n) is 20.0. The highest BCUT2D eigenvalue weighted by atomic mass is 16.2. The van der Waals surface area contributed by atoms with Crippen LogP contribution in [0.2, 0.25) is 0 Å². The lowest BCUT2D eigenvalue weighted by Gasteiger charge is -2.35. The molecule has 0 bridgehead atoms. The molecule has 1 unspecified atom stereocenters. The van der Waals surface area contributed by atoms with E-state index >= 15 is 0 Å². The number of rotatable bonds is 10. The molecule has 0 radical (unpaired) electrons. The monoisotopic (exact) mass is 444 g/mol. The van der Waals surface area contributed by atoms with Crippen LogP contribution in [0.5, 0.6) is 0 Å². The third-order valence-corrected chi connectivity index (χ3v) is 6.31. The maximum absolute atomic E-state index is 13.0. The zero-order chi connectivity index (χ0) is 23.6. The maximum Gasteiger partial charge on any atom is 0.244 e. The van der Waals surface area contributed by atoms with Gasteiger partial charge in [-0.25, -0.2) is 5.01 Å². The van der Waals surface area contributed by atoms with Crippen molar-refractivity contribution in [2.45, 2.75) is 58.4 Å². The molecule has 5 nitrogen and oxygen atoms in total. The fraction of sp³-hybridized carbons (Fsp3) is 0.393. The summed E-state index contributed by atoms with van der Waals surface area (Å²) in [5.41, 5.74) is 5.92. The van der Waals surface area contributed by atoms with Crippen LogP contribution in [0.15, 0.2) is 65.2 Å². The number of piperidine rings is 1. The minimum absolute atomic E-state index is 0.0832. The van der Waals surface area contributed by atoms with Crippen molar-refractivity contribution >= 4 is 30.2 Å². The molecule has 1 fully saturated rings. The summed E-state index contributed by atoms with van der Waals surface area (Å²) in [5, 5.41) is 5.56. The number of hydrogen-bond donors (Lipinski definition) is 0. The molecule has 1 amide bonds. The van der Waals surface area contributed by atoms with Crippen LogP contribution in [-0.4, -0.2) is 43.0 Å². The predicted octanol–water partition coefficient (Wildman–Crippen LogP) is 5.75. The van der Waals surface area contributed by atoms with E-state index in [1.54, 1.807) is 11.3 Å². The van der Waals surface area contributed by atoms with Crippen molar-refractivity contribution in [2.75, 3.05) is 18.1 Å². The second kappa shape index (κ2) is 12.1. The Morgan fingerprint density at radius 1 is 1.21 bits per heavy atom. The smallest absolute Gasteiger partial charge is 0.244 e. The number of amides is 1. The lowest BCUT2D eigenvalue weighted by Crippen LogP contribution is -2.45. The first kappa shape index (κ1) is 24.4. The van der Waals surface area contributed by atoms with Crippen LogP contribution in [0.3, 0.4) is 0 Å². The summed E-state index contributed by atoms with van der Waals surface area (Å²) in [5.74, 6) is 0.0832. The summed E-state index contributed by atoms with van der Waals surface area (Å²) < 4.78 is 0. The third-order valence-electron chi connectivity index (χ3n) is 6.31. The van der Waals surface area contributed by atoms with E-state index < -0.39 is 0 Å². The van der Waals surface area contributed by atoms with Crippen molar-refractivity contribution < 1.29 is 4.79 Å². The van der Waals surface area contributed by atoms with Crippen molar-refractivity contribution in [2.24, 2.45) is 10.1 Å². The van der Waals surface area contributed by atoms with Gasteiger partial charge in [-0.15, -0.1) is 0 Å². The van der Waals surface area contributed by atoms with Crippen molar-refractivity contribution in [1.82, 2.24) is 4.90 Å². The summed E-state index contributed by atoms with van der Waals surface area (Å²) in [7, 11) is 0. The van der Waals surface area contributed by atoms with Gasteiger partial charge in [-0.05, 0) is 74.3 Å². The molecule has 174 valence electrons. The van der Waals surface area contributed by atoms with E-state index in [4.69, 9.17) is 0 Å². The predicted molar refractivity (Wildman–Crippen MR) is 140 cm³/mol. The standard InChI is InChI=1S/C28H36N4O/c1-5-24-19-23(15-17-27(24)22(2)3)14-16-25-11-9-10-18-31(25)28(33)20-30-21-32(29-4)26-12-7-6-8-13-26/h6-8,12-13,15,17,19,21,25H,2,4-5,9-11,14,16,18,20H2,1,3H3/b30-21-. The minimum atomic E-state index is 0.0832. The zero-order valence-corrected chi connectivity index (χ0v) is 20.0. The lowest BCUT2D eigenvalue weighted by atomic mass is 9.92. The molecule has 0 spiro atoms. The fourth-order valence-electron chi connectivity index (χ4n) is 4.53. The summed E-state index contributed by atoms with van der Waals surface area (Å²) >= 11 is 0. The van der Waals surface area contributed by atoms with Gasteiger partial charge in [0.05, 0.1) is 5.69 Å².